The first-order chi connectivity index (χ1) is 18.6. The lowest BCUT2D eigenvalue weighted by atomic mass is 10.2. The number of fused-ring (bicyclic) bond motifs is 1. The van der Waals surface area contributed by atoms with E-state index in [1.165, 1.54) is 23.9 Å². The van der Waals surface area contributed by atoms with Crippen LogP contribution >= 0.6 is 35.5 Å². The summed E-state index contributed by atoms with van der Waals surface area (Å²) in [5, 5.41) is 20.4. The number of allylic oxidation sites excluding steroid dienone is 4. The Morgan fingerprint density at radius 2 is 1.79 bits per heavy atom. The molecule has 0 fully saturated rings. The molecule has 0 spiro atoms. The number of hydrogen-bond acceptors (Lipinski definition) is 7. The molecule has 1 aromatic heterocycles. The van der Waals surface area contributed by atoms with Gasteiger partial charge in [0.1, 0.15) is 18.8 Å². The molecule has 0 radical (unpaired) electrons. The average molecular weight is 588 g/mol. The van der Waals surface area contributed by atoms with Gasteiger partial charge in [0.05, 0.1) is 29.9 Å². The highest BCUT2D eigenvalue weighted by Gasteiger charge is 2.20. The molecule has 39 heavy (non-hydrogen) atoms. The molecule has 0 unspecified atom stereocenters. The number of H-pyrrole nitrogens is 1. The third kappa shape index (κ3) is 8.86. The Labute approximate surface area is 241 Å². The third-order valence-corrected chi connectivity index (χ3v) is 7.75. The molecule has 3 aromatic rings. The lowest BCUT2D eigenvalue weighted by molar-refractivity contribution is -0.137. The van der Waals surface area contributed by atoms with E-state index in [0.29, 0.717) is 22.0 Å². The van der Waals surface area contributed by atoms with E-state index < -0.39 is 11.9 Å². The number of ether oxygens (including phenoxy) is 1. The number of nitrogens with one attached hydrogen (secondary N) is 1. The smallest absolute Gasteiger partial charge is 0.324 e. The molecule has 1 heterocycles. The van der Waals surface area contributed by atoms with Crippen LogP contribution in [0.5, 0.6) is 5.75 Å². The molecule has 3 rings (SSSR count). The van der Waals surface area contributed by atoms with Crippen LogP contribution in [-0.4, -0.2) is 51.6 Å². The van der Waals surface area contributed by atoms with E-state index in [1.54, 1.807) is 27.9 Å². The molecule has 11 heteroatoms. The summed E-state index contributed by atoms with van der Waals surface area (Å²) in [6, 6.07) is 12.7. The molecule has 0 amide bonds. The van der Waals surface area contributed by atoms with Crippen molar-refractivity contribution in [2.24, 2.45) is 0 Å². The molecule has 0 atom stereocenters. The summed E-state index contributed by atoms with van der Waals surface area (Å²) < 4.78 is 8.61. The second-order valence-electron chi connectivity index (χ2n) is 8.50. The van der Waals surface area contributed by atoms with Crippen molar-refractivity contribution in [3.05, 3.63) is 88.5 Å². The number of carbonyl (C=O) groups is 2. The molecule has 3 N–H and O–H groups in total. The molecule has 2 aromatic carbocycles. The van der Waals surface area contributed by atoms with Crippen molar-refractivity contribution < 1.29 is 24.5 Å². The van der Waals surface area contributed by atoms with Crippen molar-refractivity contribution in [3.63, 3.8) is 0 Å². The number of anilines is 1. The minimum Gasteiger partial charge on any atom is -0.497 e. The topological polar surface area (TPSA) is 106 Å². The number of benzene rings is 2. The van der Waals surface area contributed by atoms with Gasteiger partial charge in [-0.2, -0.15) is 0 Å². The summed E-state index contributed by atoms with van der Waals surface area (Å²) in [6.45, 7) is 7.47. The van der Waals surface area contributed by atoms with E-state index >= 15 is 0 Å². The molecule has 0 saturated carbocycles. The summed E-state index contributed by atoms with van der Waals surface area (Å²) in [5.41, 5.74) is 2.92. The van der Waals surface area contributed by atoms with Crippen molar-refractivity contribution in [1.82, 2.24) is 9.29 Å². The van der Waals surface area contributed by atoms with Gasteiger partial charge in [0, 0.05) is 20.9 Å². The van der Waals surface area contributed by atoms with Crippen molar-refractivity contribution in [2.45, 2.75) is 25.3 Å². The zero-order valence-electron chi connectivity index (χ0n) is 21.8. The Morgan fingerprint density at radius 1 is 1.10 bits per heavy atom. The van der Waals surface area contributed by atoms with Crippen molar-refractivity contribution in [1.29, 1.82) is 0 Å². The van der Waals surface area contributed by atoms with Gasteiger partial charge in [0.15, 0.2) is 0 Å². The molecule has 0 aliphatic rings. The fraction of sp³-hybridized carbons (Fsp3) is 0.214. The van der Waals surface area contributed by atoms with Crippen LogP contribution in [0.25, 0.3) is 10.9 Å². The number of carboxylic acid groups (broad SMARTS) is 2. The van der Waals surface area contributed by atoms with Gasteiger partial charge in [0.2, 0.25) is 0 Å². The Balaban J connectivity index is 1.95. The molecule has 8 nitrogen and oxygen atoms in total. The zero-order valence-corrected chi connectivity index (χ0v) is 24.2. The van der Waals surface area contributed by atoms with E-state index in [4.69, 9.17) is 16.3 Å². The SMILES string of the molecule is C=C(C)/C=C\C(=C/C)SN(CC(=O)O)c1ccc(Cl)c2[nH]c(CN(CC(=O)O)Sc3ccc(OC)cc3)cc12. The summed E-state index contributed by atoms with van der Waals surface area (Å²) in [6.07, 6.45) is 5.65. The number of hydrogen-bond donors (Lipinski definition) is 3. The Hall–Kier alpha value is -3.31. The number of aromatic nitrogens is 1. The maximum atomic E-state index is 11.8. The van der Waals surface area contributed by atoms with Crippen LogP contribution in [0, 0.1) is 0 Å². The second-order valence-corrected chi connectivity index (χ2v) is 11.2. The first kappa shape index (κ1) is 30.2. The number of nitrogens with zero attached hydrogens (tertiary/aromatic N) is 2. The summed E-state index contributed by atoms with van der Waals surface area (Å²) >= 11 is 9.13. The van der Waals surface area contributed by atoms with Crippen LogP contribution in [0.1, 0.15) is 19.5 Å². The van der Waals surface area contributed by atoms with Crippen LogP contribution in [0.15, 0.2) is 82.6 Å². The Morgan fingerprint density at radius 3 is 2.38 bits per heavy atom. The van der Waals surface area contributed by atoms with E-state index in [0.717, 1.165) is 26.5 Å². The minimum atomic E-state index is -0.982. The van der Waals surface area contributed by atoms with Crippen LogP contribution in [0.2, 0.25) is 5.02 Å². The van der Waals surface area contributed by atoms with Gasteiger partial charge in [-0.15, -0.1) is 0 Å². The standard InChI is InChI=1S/C28H30ClN3O5S2/c1-5-21(9-6-18(2)3)39-32(17-27(35)36)25-13-12-24(29)28-23(25)14-19(30-28)15-31(16-26(33)34)38-22-10-7-20(37-4)8-11-22/h5-14,30H,2,15-17H2,1,3-4H3,(H,33,34)(H,35,36)/b9-6-,21-5+. The average Bonchev–Trinajstić information content (AvgIpc) is 3.30. The predicted octanol–water partition coefficient (Wildman–Crippen LogP) is 7.00. The van der Waals surface area contributed by atoms with E-state index in [9.17, 15) is 19.8 Å². The van der Waals surface area contributed by atoms with Crippen molar-refractivity contribution in [2.75, 3.05) is 24.5 Å². The predicted molar refractivity (Wildman–Crippen MR) is 160 cm³/mol. The largest absolute Gasteiger partial charge is 0.497 e. The van der Waals surface area contributed by atoms with Gasteiger partial charge >= 0.3 is 11.9 Å². The molecule has 0 aliphatic heterocycles. The fourth-order valence-corrected chi connectivity index (χ4v) is 5.66. The molecule has 0 aliphatic carbocycles. The number of halogens is 1. The van der Waals surface area contributed by atoms with Gasteiger partial charge in [-0.05, 0) is 86.3 Å². The summed E-state index contributed by atoms with van der Waals surface area (Å²) in [4.78, 5) is 28.4. The van der Waals surface area contributed by atoms with Crippen LogP contribution in [-0.2, 0) is 16.1 Å². The normalized spacial score (nSPS) is 11.9. The van der Waals surface area contributed by atoms with E-state index in [-0.39, 0.29) is 19.6 Å². The molecule has 206 valence electrons. The van der Waals surface area contributed by atoms with Gasteiger partial charge in [-0.1, -0.05) is 35.9 Å². The first-order valence-electron chi connectivity index (χ1n) is 11.9. The van der Waals surface area contributed by atoms with Gasteiger partial charge in [-0.25, -0.2) is 4.31 Å². The summed E-state index contributed by atoms with van der Waals surface area (Å²) in [5.74, 6) is -1.23. The fourth-order valence-electron chi connectivity index (χ4n) is 3.60. The quantitative estimate of drug-likeness (QED) is 0.136. The lowest BCUT2D eigenvalue weighted by Crippen LogP contribution is -2.23. The third-order valence-electron chi connectivity index (χ3n) is 5.31. The molecular weight excluding hydrogens is 558 g/mol. The second kappa shape index (κ2) is 14.2. The van der Waals surface area contributed by atoms with Crippen LogP contribution < -0.4 is 9.04 Å². The van der Waals surface area contributed by atoms with E-state index in [2.05, 4.69) is 11.6 Å². The number of aliphatic carboxylic acids is 2. The van der Waals surface area contributed by atoms with Crippen LogP contribution in [0.4, 0.5) is 5.69 Å². The highest BCUT2D eigenvalue weighted by molar-refractivity contribution is 8.04. The highest BCUT2D eigenvalue weighted by Crippen LogP contribution is 2.38. The lowest BCUT2D eigenvalue weighted by Gasteiger charge is -2.23. The Bertz CT molecular complexity index is 1400. The molecular formula is C28H30ClN3O5S2. The van der Waals surface area contributed by atoms with Crippen LogP contribution in [0.3, 0.4) is 0 Å². The summed E-state index contributed by atoms with van der Waals surface area (Å²) in [7, 11) is 1.59. The first-order valence-corrected chi connectivity index (χ1v) is 13.8. The monoisotopic (exact) mass is 587 g/mol. The minimum absolute atomic E-state index is 0.201. The molecule has 0 bridgehead atoms. The van der Waals surface area contributed by atoms with Gasteiger partial charge < -0.3 is 24.2 Å². The maximum absolute atomic E-state index is 11.8. The highest BCUT2D eigenvalue weighted by atomic mass is 35.5. The zero-order chi connectivity index (χ0) is 28.5. The molecule has 0 saturated heterocycles. The number of rotatable bonds is 14. The number of aromatic amines is 1. The van der Waals surface area contributed by atoms with E-state index in [1.807, 2.05) is 62.4 Å². The van der Waals surface area contributed by atoms with Gasteiger partial charge in [-0.3, -0.25) is 9.59 Å². The van der Waals surface area contributed by atoms with Crippen molar-refractivity contribution >= 4 is 64.0 Å². The maximum Gasteiger partial charge on any atom is 0.324 e. The number of methoxy groups -OCH3 is 1. The van der Waals surface area contributed by atoms with Gasteiger partial charge in [0.25, 0.3) is 0 Å². The van der Waals surface area contributed by atoms with Crippen molar-refractivity contribution in [3.8, 4) is 5.75 Å². The Kier molecular flexibility index (Phi) is 11.0. The number of carboxylic acids is 2.